The molecule has 0 fully saturated rings. The molecular formula is C13H20FNO. The van der Waals surface area contributed by atoms with Crippen LogP contribution in [0.4, 0.5) is 4.39 Å². The Kier molecular flexibility index (Phi) is 5.26. The summed E-state index contributed by atoms with van der Waals surface area (Å²) in [6.07, 6.45) is 2.40. The third-order valence-electron chi connectivity index (χ3n) is 2.62. The van der Waals surface area contributed by atoms with Crippen LogP contribution in [0.25, 0.3) is 0 Å². The summed E-state index contributed by atoms with van der Waals surface area (Å²) in [5.41, 5.74) is 0.860. The lowest BCUT2D eigenvalue weighted by Gasteiger charge is -2.11. The maximum atomic E-state index is 13.0. The number of benzene rings is 1. The van der Waals surface area contributed by atoms with Crippen molar-refractivity contribution < 1.29 is 9.50 Å². The number of hydrogen-bond acceptors (Lipinski definition) is 2. The summed E-state index contributed by atoms with van der Waals surface area (Å²) >= 11 is 0. The van der Waals surface area contributed by atoms with Crippen LogP contribution in [0.5, 0.6) is 5.75 Å². The van der Waals surface area contributed by atoms with Gasteiger partial charge in [0.15, 0.2) is 11.6 Å². The van der Waals surface area contributed by atoms with E-state index in [1.165, 1.54) is 25.0 Å². The molecule has 0 bridgehead atoms. The molecule has 0 aromatic heterocycles. The molecule has 2 nitrogen and oxygen atoms in total. The topological polar surface area (TPSA) is 32.3 Å². The summed E-state index contributed by atoms with van der Waals surface area (Å²) in [5.74, 6) is -0.198. The Morgan fingerprint density at radius 1 is 1.44 bits per heavy atom. The minimum absolute atomic E-state index is 0.289. The molecule has 3 heteroatoms. The maximum absolute atomic E-state index is 13.0. The van der Waals surface area contributed by atoms with E-state index in [1.807, 2.05) is 0 Å². The van der Waals surface area contributed by atoms with Crippen molar-refractivity contribution in [1.82, 2.24) is 5.32 Å². The number of phenols is 1. The number of halogens is 1. The first-order chi connectivity index (χ1) is 7.63. The number of aromatic hydroxyl groups is 1. The van der Waals surface area contributed by atoms with Crippen LogP contribution in [0.15, 0.2) is 18.2 Å². The van der Waals surface area contributed by atoms with Crippen LogP contribution in [-0.4, -0.2) is 11.7 Å². The summed E-state index contributed by atoms with van der Waals surface area (Å²) in [6.45, 7) is 5.96. The Morgan fingerprint density at radius 2 is 2.19 bits per heavy atom. The zero-order chi connectivity index (χ0) is 12.0. The first-order valence-corrected chi connectivity index (χ1v) is 5.81. The molecule has 1 unspecified atom stereocenters. The van der Waals surface area contributed by atoms with Crippen LogP contribution in [0.2, 0.25) is 0 Å². The van der Waals surface area contributed by atoms with Crippen LogP contribution in [-0.2, 0) is 6.54 Å². The largest absolute Gasteiger partial charge is 0.505 e. The van der Waals surface area contributed by atoms with Crippen LogP contribution >= 0.6 is 0 Å². The van der Waals surface area contributed by atoms with E-state index in [2.05, 4.69) is 19.2 Å². The van der Waals surface area contributed by atoms with Crippen molar-refractivity contribution in [3.63, 3.8) is 0 Å². The monoisotopic (exact) mass is 225 g/mol. The molecule has 0 spiro atoms. The van der Waals surface area contributed by atoms with Gasteiger partial charge in [-0.25, -0.2) is 4.39 Å². The van der Waals surface area contributed by atoms with E-state index < -0.39 is 5.82 Å². The van der Waals surface area contributed by atoms with Crippen molar-refractivity contribution in [3.05, 3.63) is 29.6 Å². The fourth-order valence-electron chi connectivity index (χ4n) is 1.72. The van der Waals surface area contributed by atoms with Crippen LogP contribution in [0.1, 0.15) is 32.3 Å². The average Bonchev–Trinajstić information content (AvgIpc) is 2.24. The number of hydrogen-bond donors (Lipinski definition) is 2. The normalized spacial score (nSPS) is 12.7. The summed E-state index contributed by atoms with van der Waals surface area (Å²) in [4.78, 5) is 0. The van der Waals surface area contributed by atoms with Gasteiger partial charge in [0.2, 0.25) is 0 Å². The van der Waals surface area contributed by atoms with Crippen molar-refractivity contribution in [2.45, 2.75) is 33.2 Å². The number of rotatable bonds is 6. The highest BCUT2D eigenvalue weighted by Crippen LogP contribution is 2.16. The Morgan fingerprint density at radius 3 is 2.81 bits per heavy atom. The predicted octanol–water partition coefficient (Wildman–Crippen LogP) is 3.06. The highest BCUT2D eigenvalue weighted by Gasteiger charge is 2.03. The number of phenolic OH excluding ortho intramolecular Hbond substituents is 1. The van der Waals surface area contributed by atoms with Gasteiger partial charge in [-0.2, -0.15) is 0 Å². The first-order valence-electron chi connectivity index (χ1n) is 5.81. The Balaban J connectivity index is 2.34. The summed E-state index contributed by atoms with van der Waals surface area (Å²) < 4.78 is 13.0. The average molecular weight is 225 g/mol. The van der Waals surface area contributed by atoms with Crippen LogP contribution in [0, 0.1) is 11.7 Å². The van der Waals surface area contributed by atoms with E-state index in [0.29, 0.717) is 12.5 Å². The molecular weight excluding hydrogens is 205 g/mol. The second-order valence-electron chi connectivity index (χ2n) is 4.31. The van der Waals surface area contributed by atoms with Crippen LogP contribution < -0.4 is 5.32 Å². The van der Waals surface area contributed by atoms with Gasteiger partial charge in [-0.1, -0.05) is 26.3 Å². The van der Waals surface area contributed by atoms with E-state index in [-0.39, 0.29) is 5.75 Å². The van der Waals surface area contributed by atoms with Crippen molar-refractivity contribution in [3.8, 4) is 5.75 Å². The smallest absolute Gasteiger partial charge is 0.165 e. The lowest BCUT2D eigenvalue weighted by molar-refractivity contribution is 0.431. The zero-order valence-electron chi connectivity index (χ0n) is 9.96. The number of nitrogens with one attached hydrogen (secondary N) is 1. The first kappa shape index (κ1) is 13.0. The molecule has 0 heterocycles. The van der Waals surface area contributed by atoms with Gasteiger partial charge in [-0.15, -0.1) is 0 Å². The molecule has 1 rings (SSSR count). The highest BCUT2D eigenvalue weighted by atomic mass is 19.1. The molecule has 0 aliphatic carbocycles. The quantitative estimate of drug-likeness (QED) is 0.780. The SMILES string of the molecule is CCCC(C)CNCc1ccc(O)c(F)c1. The van der Waals surface area contributed by atoms with Crippen molar-refractivity contribution in [1.29, 1.82) is 0 Å². The van der Waals surface area contributed by atoms with Crippen molar-refractivity contribution in [2.24, 2.45) is 5.92 Å². The van der Waals surface area contributed by atoms with Gasteiger partial charge in [0, 0.05) is 6.54 Å². The van der Waals surface area contributed by atoms with Gasteiger partial charge in [0.25, 0.3) is 0 Å². The molecule has 90 valence electrons. The molecule has 1 aromatic carbocycles. The third-order valence-corrected chi connectivity index (χ3v) is 2.62. The minimum atomic E-state index is -0.555. The van der Waals surface area contributed by atoms with Gasteiger partial charge in [0.1, 0.15) is 0 Å². The molecule has 16 heavy (non-hydrogen) atoms. The fourth-order valence-corrected chi connectivity index (χ4v) is 1.72. The highest BCUT2D eigenvalue weighted by molar-refractivity contribution is 5.27. The van der Waals surface area contributed by atoms with Gasteiger partial charge >= 0.3 is 0 Å². The molecule has 0 radical (unpaired) electrons. The molecule has 0 amide bonds. The van der Waals surface area contributed by atoms with Gasteiger partial charge in [-0.05, 0) is 36.6 Å². The Labute approximate surface area is 96.5 Å². The molecule has 0 aliphatic rings. The maximum Gasteiger partial charge on any atom is 0.165 e. The van der Waals surface area contributed by atoms with Crippen molar-refractivity contribution >= 4 is 0 Å². The lowest BCUT2D eigenvalue weighted by Crippen LogP contribution is -2.20. The van der Waals surface area contributed by atoms with Gasteiger partial charge in [-0.3, -0.25) is 0 Å². The van der Waals surface area contributed by atoms with E-state index >= 15 is 0 Å². The molecule has 0 saturated carbocycles. The standard InChI is InChI=1S/C13H20FNO/c1-3-4-10(2)8-15-9-11-5-6-13(16)12(14)7-11/h5-7,10,15-16H,3-4,8-9H2,1-2H3. The van der Waals surface area contributed by atoms with Gasteiger partial charge in [0.05, 0.1) is 0 Å². The molecule has 1 aromatic rings. The van der Waals surface area contributed by atoms with Crippen molar-refractivity contribution in [2.75, 3.05) is 6.54 Å². The van der Waals surface area contributed by atoms with E-state index in [0.717, 1.165) is 12.1 Å². The summed E-state index contributed by atoms with van der Waals surface area (Å²) in [5, 5.41) is 12.3. The van der Waals surface area contributed by atoms with E-state index in [4.69, 9.17) is 5.11 Å². The van der Waals surface area contributed by atoms with Gasteiger partial charge < -0.3 is 10.4 Å². The minimum Gasteiger partial charge on any atom is -0.505 e. The second kappa shape index (κ2) is 6.48. The fraction of sp³-hybridized carbons (Fsp3) is 0.538. The Bertz CT molecular complexity index is 328. The zero-order valence-corrected chi connectivity index (χ0v) is 9.96. The molecule has 0 aliphatic heterocycles. The second-order valence-corrected chi connectivity index (χ2v) is 4.31. The molecule has 2 N–H and O–H groups in total. The molecule has 1 atom stereocenters. The van der Waals surface area contributed by atoms with E-state index in [9.17, 15) is 4.39 Å². The summed E-state index contributed by atoms with van der Waals surface area (Å²) in [6, 6.07) is 4.49. The third kappa shape index (κ3) is 4.19. The Hall–Kier alpha value is -1.09. The molecule has 0 saturated heterocycles. The van der Waals surface area contributed by atoms with E-state index in [1.54, 1.807) is 6.07 Å². The summed E-state index contributed by atoms with van der Waals surface area (Å²) in [7, 11) is 0. The lowest BCUT2D eigenvalue weighted by atomic mass is 10.1. The predicted molar refractivity (Wildman–Crippen MR) is 63.8 cm³/mol. The van der Waals surface area contributed by atoms with Crippen LogP contribution in [0.3, 0.4) is 0 Å².